The fraction of sp³-hybridized carbons (Fsp3) is 0.118. The molecular formula is C17H14N2O5S. The number of fused-ring (bicyclic) bond motifs is 1. The molecule has 2 aromatic carbocycles. The molecule has 1 heterocycles. The summed E-state index contributed by atoms with van der Waals surface area (Å²) in [7, 11) is -4.27. The molecule has 3 aromatic rings. The summed E-state index contributed by atoms with van der Waals surface area (Å²) in [4.78, 5) is 14.6. The predicted molar refractivity (Wildman–Crippen MR) is 92.1 cm³/mol. The van der Waals surface area contributed by atoms with Gasteiger partial charge in [0.15, 0.2) is 0 Å². The average molecular weight is 358 g/mol. The van der Waals surface area contributed by atoms with Crippen molar-refractivity contribution < 1.29 is 17.5 Å². The molecule has 0 amide bonds. The third kappa shape index (κ3) is 3.16. The molecule has 3 rings (SSSR count). The zero-order valence-electron chi connectivity index (χ0n) is 13.5. The van der Waals surface area contributed by atoms with E-state index in [0.29, 0.717) is 16.5 Å². The van der Waals surface area contributed by atoms with E-state index in [1.54, 1.807) is 37.4 Å². The lowest BCUT2D eigenvalue weighted by Crippen LogP contribution is -2.12. The third-order valence-corrected chi connectivity index (χ3v) is 5.01. The van der Waals surface area contributed by atoms with Gasteiger partial charge in [-0.3, -0.25) is 15.1 Å². The maximum atomic E-state index is 12.7. The van der Waals surface area contributed by atoms with Crippen LogP contribution in [0.4, 0.5) is 5.69 Å². The predicted octanol–water partition coefficient (Wildman–Crippen LogP) is 3.53. The van der Waals surface area contributed by atoms with Gasteiger partial charge in [0.2, 0.25) is 5.75 Å². The van der Waals surface area contributed by atoms with Gasteiger partial charge in [-0.25, -0.2) is 0 Å². The van der Waals surface area contributed by atoms with Crippen LogP contribution in [0.15, 0.2) is 53.6 Å². The van der Waals surface area contributed by atoms with E-state index >= 15 is 0 Å². The van der Waals surface area contributed by atoms with Gasteiger partial charge in [-0.2, -0.15) is 8.42 Å². The summed E-state index contributed by atoms with van der Waals surface area (Å²) in [6, 6.07) is 10.4. The van der Waals surface area contributed by atoms with Crippen molar-refractivity contribution >= 4 is 26.7 Å². The summed E-state index contributed by atoms with van der Waals surface area (Å²) in [6.45, 7) is 3.49. The molecule has 0 fully saturated rings. The summed E-state index contributed by atoms with van der Waals surface area (Å²) in [5, 5.41) is 11.6. The van der Waals surface area contributed by atoms with Gasteiger partial charge >= 0.3 is 15.8 Å². The molecule has 0 aliphatic carbocycles. The van der Waals surface area contributed by atoms with E-state index in [4.69, 9.17) is 4.18 Å². The minimum Gasteiger partial charge on any atom is -0.372 e. The number of nitro benzene ring substituents is 1. The smallest absolute Gasteiger partial charge is 0.340 e. The van der Waals surface area contributed by atoms with Gasteiger partial charge in [-0.15, -0.1) is 0 Å². The van der Waals surface area contributed by atoms with Crippen LogP contribution in [-0.2, 0) is 10.1 Å². The number of aryl methyl sites for hydroxylation is 2. The van der Waals surface area contributed by atoms with Crippen LogP contribution in [0.3, 0.4) is 0 Å². The Hall–Kier alpha value is -3.00. The van der Waals surface area contributed by atoms with E-state index in [9.17, 15) is 18.5 Å². The number of nitro groups is 1. The van der Waals surface area contributed by atoms with Crippen molar-refractivity contribution in [2.24, 2.45) is 0 Å². The van der Waals surface area contributed by atoms with Crippen LogP contribution in [0.5, 0.6) is 5.75 Å². The quantitative estimate of drug-likeness (QED) is 0.402. The lowest BCUT2D eigenvalue weighted by atomic mass is 10.1. The number of benzene rings is 2. The minimum absolute atomic E-state index is 0.0870. The Morgan fingerprint density at radius 2 is 1.88 bits per heavy atom. The van der Waals surface area contributed by atoms with Crippen molar-refractivity contribution in [3.63, 3.8) is 0 Å². The number of rotatable bonds is 4. The van der Waals surface area contributed by atoms with Crippen molar-refractivity contribution in [1.29, 1.82) is 0 Å². The minimum atomic E-state index is -4.27. The summed E-state index contributed by atoms with van der Waals surface area (Å²) in [5.74, 6) is -0.326. The Labute approximate surface area is 144 Å². The fourth-order valence-electron chi connectivity index (χ4n) is 2.51. The van der Waals surface area contributed by atoms with Gasteiger partial charge in [0.25, 0.3) is 0 Å². The SMILES string of the molecule is Cc1ccc(OS(=O)(=O)c2ccc(C)c3ncccc23)c([N+](=O)[O-])c1. The Morgan fingerprint density at radius 1 is 1.12 bits per heavy atom. The monoisotopic (exact) mass is 358 g/mol. The van der Waals surface area contributed by atoms with E-state index in [1.807, 2.05) is 6.92 Å². The third-order valence-electron chi connectivity index (χ3n) is 3.71. The van der Waals surface area contributed by atoms with Crippen molar-refractivity contribution in [3.8, 4) is 5.75 Å². The normalized spacial score (nSPS) is 11.4. The first kappa shape index (κ1) is 16.8. The lowest BCUT2D eigenvalue weighted by molar-refractivity contribution is -0.385. The maximum Gasteiger partial charge on any atom is 0.340 e. The van der Waals surface area contributed by atoms with E-state index < -0.39 is 20.7 Å². The van der Waals surface area contributed by atoms with Crippen molar-refractivity contribution in [2.75, 3.05) is 0 Å². The molecule has 0 bridgehead atoms. The largest absolute Gasteiger partial charge is 0.372 e. The maximum absolute atomic E-state index is 12.7. The van der Waals surface area contributed by atoms with E-state index in [-0.39, 0.29) is 10.6 Å². The Balaban J connectivity index is 2.14. The van der Waals surface area contributed by atoms with Gasteiger partial charge in [0.1, 0.15) is 4.90 Å². The molecule has 1 aromatic heterocycles. The van der Waals surface area contributed by atoms with E-state index in [1.165, 1.54) is 18.2 Å². The number of hydrogen-bond acceptors (Lipinski definition) is 6. The first-order chi connectivity index (χ1) is 11.8. The van der Waals surface area contributed by atoms with Gasteiger partial charge < -0.3 is 4.18 Å². The average Bonchev–Trinajstić information content (AvgIpc) is 2.56. The summed E-state index contributed by atoms with van der Waals surface area (Å²) in [5.41, 5.74) is 1.57. The van der Waals surface area contributed by atoms with E-state index in [0.717, 1.165) is 5.56 Å². The van der Waals surface area contributed by atoms with Crippen LogP contribution in [0.25, 0.3) is 10.9 Å². The molecule has 7 nitrogen and oxygen atoms in total. The molecule has 0 atom stereocenters. The summed E-state index contributed by atoms with van der Waals surface area (Å²) >= 11 is 0. The molecule has 128 valence electrons. The zero-order valence-corrected chi connectivity index (χ0v) is 14.3. The molecule has 25 heavy (non-hydrogen) atoms. The van der Waals surface area contributed by atoms with Crippen molar-refractivity contribution in [3.05, 3.63) is 69.9 Å². The van der Waals surface area contributed by atoms with Crippen LogP contribution < -0.4 is 4.18 Å². The second-order valence-corrected chi connectivity index (χ2v) is 7.06. The first-order valence-electron chi connectivity index (χ1n) is 7.33. The number of aromatic nitrogens is 1. The molecule has 0 aliphatic rings. The highest BCUT2D eigenvalue weighted by Gasteiger charge is 2.25. The summed E-state index contributed by atoms with van der Waals surface area (Å²) in [6.07, 6.45) is 1.57. The molecule has 8 heteroatoms. The topological polar surface area (TPSA) is 99.4 Å². The van der Waals surface area contributed by atoms with Crippen molar-refractivity contribution in [1.82, 2.24) is 4.98 Å². The van der Waals surface area contributed by atoms with Gasteiger partial charge in [0.05, 0.1) is 10.4 Å². The Kier molecular flexibility index (Phi) is 4.13. The standard InChI is InChI=1S/C17H14N2O5S/c1-11-5-7-15(14(10-11)19(20)21)24-25(22,23)16-8-6-12(2)17-13(16)4-3-9-18-17/h3-10H,1-2H3. The molecule has 0 aliphatic heterocycles. The molecule has 0 spiro atoms. The fourth-order valence-corrected chi connectivity index (χ4v) is 3.65. The highest BCUT2D eigenvalue weighted by Crippen LogP contribution is 2.32. The lowest BCUT2D eigenvalue weighted by Gasteiger charge is -2.11. The first-order valence-corrected chi connectivity index (χ1v) is 8.74. The van der Waals surface area contributed by atoms with Gasteiger partial charge in [0, 0.05) is 17.6 Å². The zero-order chi connectivity index (χ0) is 18.2. The molecule has 0 radical (unpaired) electrons. The van der Waals surface area contributed by atoms with Gasteiger partial charge in [-0.05, 0) is 49.2 Å². The Bertz CT molecular complexity index is 1090. The van der Waals surface area contributed by atoms with Gasteiger partial charge in [-0.1, -0.05) is 12.1 Å². The second-order valence-electron chi connectivity index (χ2n) is 5.55. The summed E-state index contributed by atoms with van der Waals surface area (Å²) < 4.78 is 30.5. The molecule has 0 N–H and O–H groups in total. The van der Waals surface area contributed by atoms with Crippen LogP contribution in [0.1, 0.15) is 11.1 Å². The van der Waals surface area contributed by atoms with Crippen LogP contribution in [0.2, 0.25) is 0 Å². The van der Waals surface area contributed by atoms with Crippen molar-refractivity contribution in [2.45, 2.75) is 18.7 Å². The van der Waals surface area contributed by atoms with Crippen LogP contribution in [-0.4, -0.2) is 18.3 Å². The molecule has 0 saturated heterocycles. The second kappa shape index (κ2) is 6.14. The highest BCUT2D eigenvalue weighted by atomic mass is 32.2. The number of nitrogens with zero attached hydrogens (tertiary/aromatic N) is 2. The number of pyridine rings is 1. The molecule has 0 unspecified atom stereocenters. The number of hydrogen-bond donors (Lipinski definition) is 0. The molecule has 0 saturated carbocycles. The molecular weight excluding hydrogens is 344 g/mol. The Morgan fingerprint density at radius 3 is 2.60 bits per heavy atom. The van der Waals surface area contributed by atoms with Crippen LogP contribution >= 0.6 is 0 Å². The van der Waals surface area contributed by atoms with E-state index in [2.05, 4.69) is 4.98 Å². The highest BCUT2D eigenvalue weighted by molar-refractivity contribution is 7.87. The van der Waals surface area contributed by atoms with Crippen LogP contribution in [0, 0.1) is 24.0 Å².